The molecule has 0 aliphatic heterocycles. The highest BCUT2D eigenvalue weighted by Gasteiger charge is 2.11. The lowest BCUT2D eigenvalue weighted by molar-refractivity contribution is 0.457. The van der Waals surface area contributed by atoms with Crippen molar-refractivity contribution >= 4 is 5.96 Å². The number of hydrogen-bond acceptors (Lipinski definition) is 3. The third-order valence-electron chi connectivity index (χ3n) is 3.07. The first-order valence-corrected chi connectivity index (χ1v) is 8.30. The average Bonchev–Trinajstić information content (AvgIpc) is 2.53. The van der Waals surface area contributed by atoms with E-state index in [1.54, 1.807) is 24.4 Å². The molecule has 0 amide bonds. The Hall–Kier alpha value is -2.63. The van der Waals surface area contributed by atoms with Gasteiger partial charge in [0.1, 0.15) is 11.6 Å². The minimum absolute atomic E-state index is 0.0676. The van der Waals surface area contributed by atoms with Gasteiger partial charge in [-0.25, -0.2) is 14.4 Å². The zero-order chi connectivity index (χ0) is 18.3. The van der Waals surface area contributed by atoms with E-state index in [4.69, 9.17) is 4.74 Å². The van der Waals surface area contributed by atoms with Crippen LogP contribution in [0.1, 0.15) is 33.3 Å². The Morgan fingerprint density at radius 3 is 2.64 bits per heavy atom. The number of halogens is 1. The van der Waals surface area contributed by atoms with Gasteiger partial charge in [0.05, 0.1) is 6.54 Å². The number of guanidine groups is 1. The van der Waals surface area contributed by atoms with Gasteiger partial charge >= 0.3 is 0 Å². The molecule has 2 aromatic rings. The maximum Gasteiger partial charge on any atom is 0.219 e. The molecule has 6 heteroatoms. The molecule has 0 fully saturated rings. The van der Waals surface area contributed by atoms with Gasteiger partial charge in [-0.15, -0.1) is 0 Å². The molecule has 0 saturated heterocycles. The second-order valence-corrected chi connectivity index (χ2v) is 6.63. The summed E-state index contributed by atoms with van der Waals surface area (Å²) in [4.78, 5) is 8.81. The number of aromatic nitrogens is 1. The van der Waals surface area contributed by atoms with Crippen molar-refractivity contribution in [1.82, 2.24) is 15.6 Å². The maximum absolute atomic E-state index is 13.2. The van der Waals surface area contributed by atoms with Crippen molar-refractivity contribution in [3.8, 4) is 11.6 Å². The molecule has 0 saturated carbocycles. The van der Waals surface area contributed by atoms with Crippen LogP contribution in [0.15, 0.2) is 47.6 Å². The zero-order valence-corrected chi connectivity index (χ0v) is 15.1. The van der Waals surface area contributed by atoms with Crippen LogP contribution in [-0.2, 0) is 6.54 Å². The Kier molecular flexibility index (Phi) is 6.33. The maximum atomic E-state index is 13.2. The SMILES string of the molecule is CCNC(=NCc1ccc(Oc2cccc(F)c2)nc1)NC(C)(C)C. The quantitative estimate of drug-likeness (QED) is 0.639. The Bertz CT molecular complexity index is 708. The third-order valence-corrected chi connectivity index (χ3v) is 3.07. The summed E-state index contributed by atoms with van der Waals surface area (Å²) in [6.45, 7) is 9.57. The standard InChI is InChI=1S/C19H25FN4O/c1-5-21-18(24-19(2,3)4)23-13-14-9-10-17(22-12-14)25-16-8-6-7-15(20)11-16/h6-12H,5,13H2,1-4H3,(H2,21,23,24). The topological polar surface area (TPSA) is 58.5 Å². The second kappa shape index (κ2) is 8.46. The van der Waals surface area contributed by atoms with Gasteiger partial charge in [-0.2, -0.15) is 0 Å². The second-order valence-electron chi connectivity index (χ2n) is 6.63. The molecular formula is C19H25FN4O. The Labute approximate surface area is 148 Å². The van der Waals surface area contributed by atoms with Crippen molar-refractivity contribution in [3.63, 3.8) is 0 Å². The van der Waals surface area contributed by atoms with E-state index in [0.29, 0.717) is 18.2 Å². The summed E-state index contributed by atoms with van der Waals surface area (Å²) >= 11 is 0. The molecule has 0 atom stereocenters. The van der Waals surface area contributed by atoms with Gasteiger partial charge in [0.2, 0.25) is 5.88 Å². The van der Waals surface area contributed by atoms with E-state index in [-0.39, 0.29) is 11.4 Å². The van der Waals surface area contributed by atoms with Crippen molar-refractivity contribution in [2.45, 2.75) is 39.8 Å². The monoisotopic (exact) mass is 344 g/mol. The van der Waals surface area contributed by atoms with Crippen LogP contribution in [-0.4, -0.2) is 23.0 Å². The summed E-state index contributed by atoms with van der Waals surface area (Å²) in [7, 11) is 0. The number of hydrogen-bond donors (Lipinski definition) is 2. The molecule has 0 bridgehead atoms. The van der Waals surface area contributed by atoms with Gasteiger partial charge in [0, 0.05) is 30.4 Å². The van der Waals surface area contributed by atoms with Crippen LogP contribution in [0.2, 0.25) is 0 Å². The van der Waals surface area contributed by atoms with E-state index >= 15 is 0 Å². The van der Waals surface area contributed by atoms with Crippen molar-refractivity contribution in [3.05, 3.63) is 54.0 Å². The highest BCUT2D eigenvalue weighted by molar-refractivity contribution is 5.80. The lowest BCUT2D eigenvalue weighted by Crippen LogP contribution is -2.47. The van der Waals surface area contributed by atoms with Crippen LogP contribution in [0.3, 0.4) is 0 Å². The van der Waals surface area contributed by atoms with Crippen molar-refractivity contribution in [2.24, 2.45) is 4.99 Å². The summed E-state index contributed by atoms with van der Waals surface area (Å²) < 4.78 is 18.7. The molecule has 1 aromatic heterocycles. The van der Waals surface area contributed by atoms with Gasteiger partial charge in [-0.3, -0.25) is 0 Å². The molecule has 0 unspecified atom stereocenters. The summed E-state index contributed by atoms with van der Waals surface area (Å²) in [5.41, 5.74) is 0.889. The van der Waals surface area contributed by atoms with Crippen LogP contribution in [0.5, 0.6) is 11.6 Å². The lowest BCUT2D eigenvalue weighted by Gasteiger charge is -2.23. The highest BCUT2D eigenvalue weighted by atomic mass is 19.1. The van der Waals surface area contributed by atoms with E-state index in [1.807, 2.05) is 13.0 Å². The molecule has 0 radical (unpaired) electrons. The number of nitrogens with zero attached hydrogens (tertiary/aromatic N) is 2. The molecule has 134 valence electrons. The number of pyridine rings is 1. The summed E-state index contributed by atoms with van der Waals surface area (Å²) in [5, 5.41) is 6.55. The van der Waals surface area contributed by atoms with Crippen LogP contribution < -0.4 is 15.4 Å². The van der Waals surface area contributed by atoms with Crippen molar-refractivity contribution in [1.29, 1.82) is 0 Å². The van der Waals surface area contributed by atoms with Gasteiger partial charge in [0.25, 0.3) is 0 Å². The third kappa shape index (κ3) is 6.79. The summed E-state index contributed by atoms with van der Waals surface area (Å²) in [6, 6.07) is 9.61. The zero-order valence-electron chi connectivity index (χ0n) is 15.1. The molecule has 0 aliphatic rings. The first-order valence-electron chi connectivity index (χ1n) is 8.30. The van der Waals surface area contributed by atoms with E-state index in [0.717, 1.165) is 18.1 Å². The lowest BCUT2D eigenvalue weighted by atomic mass is 10.1. The average molecular weight is 344 g/mol. The molecule has 0 spiro atoms. The minimum atomic E-state index is -0.342. The molecule has 1 heterocycles. The van der Waals surface area contributed by atoms with Gasteiger partial charge in [0.15, 0.2) is 5.96 Å². The molecule has 2 rings (SSSR count). The summed E-state index contributed by atoms with van der Waals surface area (Å²) in [6.07, 6.45) is 1.71. The normalized spacial score (nSPS) is 12.0. The number of nitrogens with one attached hydrogen (secondary N) is 2. The predicted molar refractivity (Wildman–Crippen MR) is 98.4 cm³/mol. The Morgan fingerprint density at radius 2 is 2.04 bits per heavy atom. The molecule has 0 aliphatic carbocycles. The van der Waals surface area contributed by atoms with Gasteiger partial charge in [-0.1, -0.05) is 12.1 Å². The first-order chi connectivity index (χ1) is 11.9. The van der Waals surface area contributed by atoms with E-state index in [1.165, 1.54) is 12.1 Å². The minimum Gasteiger partial charge on any atom is -0.439 e. The van der Waals surface area contributed by atoms with Crippen LogP contribution in [0.4, 0.5) is 4.39 Å². The van der Waals surface area contributed by atoms with E-state index in [2.05, 4.69) is 41.4 Å². The first kappa shape index (κ1) is 18.7. The van der Waals surface area contributed by atoms with Crippen molar-refractivity contribution < 1.29 is 9.13 Å². The molecule has 1 aromatic carbocycles. The molecule has 5 nitrogen and oxygen atoms in total. The van der Waals surface area contributed by atoms with E-state index < -0.39 is 0 Å². The fraction of sp³-hybridized carbons (Fsp3) is 0.368. The fourth-order valence-electron chi connectivity index (χ4n) is 2.05. The fourth-order valence-corrected chi connectivity index (χ4v) is 2.05. The smallest absolute Gasteiger partial charge is 0.219 e. The molecule has 2 N–H and O–H groups in total. The van der Waals surface area contributed by atoms with Crippen LogP contribution in [0, 0.1) is 5.82 Å². The van der Waals surface area contributed by atoms with Crippen molar-refractivity contribution in [2.75, 3.05) is 6.54 Å². The van der Waals surface area contributed by atoms with Gasteiger partial charge in [-0.05, 0) is 45.4 Å². The molecule has 25 heavy (non-hydrogen) atoms. The van der Waals surface area contributed by atoms with Crippen LogP contribution >= 0.6 is 0 Å². The number of aliphatic imine (C=N–C) groups is 1. The summed E-state index contributed by atoms with van der Waals surface area (Å²) in [5.74, 6) is 1.25. The number of rotatable bonds is 5. The Morgan fingerprint density at radius 1 is 1.24 bits per heavy atom. The molecular weight excluding hydrogens is 319 g/mol. The Balaban J connectivity index is 2.00. The van der Waals surface area contributed by atoms with Gasteiger partial charge < -0.3 is 15.4 Å². The number of benzene rings is 1. The van der Waals surface area contributed by atoms with Crippen LogP contribution in [0.25, 0.3) is 0 Å². The highest BCUT2D eigenvalue weighted by Crippen LogP contribution is 2.20. The number of ether oxygens (including phenoxy) is 1. The largest absolute Gasteiger partial charge is 0.439 e. The predicted octanol–water partition coefficient (Wildman–Crippen LogP) is 3.87. The van der Waals surface area contributed by atoms with E-state index in [9.17, 15) is 4.39 Å².